The second kappa shape index (κ2) is 3.93. The number of rotatable bonds is 3. The first kappa shape index (κ1) is 10.0. The lowest BCUT2D eigenvalue weighted by Gasteiger charge is -2.26. The third-order valence-corrected chi connectivity index (χ3v) is 2.52. The van der Waals surface area contributed by atoms with Crippen molar-refractivity contribution in [1.82, 2.24) is 0 Å². The van der Waals surface area contributed by atoms with Gasteiger partial charge >= 0.3 is 0 Å². The Morgan fingerprint density at radius 1 is 1.27 bits per heavy atom. The normalized spacial score (nSPS) is 16.0. The fourth-order valence-electron chi connectivity index (χ4n) is 1.58. The maximum Gasteiger partial charge on any atom is 0.161 e. The Kier molecular flexibility index (Phi) is 2.62. The highest BCUT2D eigenvalue weighted by Crippen LogP contribution is 2.31. The third-order valence-electron chi connectivity index (χ3n) is 2.52. The molecule has 0 saturated heterocycles. The molecular formula is C12H14O3. The average Bonchev–Trinajstić information content (AvgIpc) is 2.18. The second-order valence-corrected chi connectivity index (χ2v) is 3.84. The van der Waals surface area contributed by atoms with E-state index in [9.17, 15) is 4.79 Å². The van der Waals surface area contributed by atoms with Crippen molar-refractivity contribution in [2.24, 2.45) is 0 Å². The Morgan fingerprint density at radius 2 is 2.00 bits per heavy atom. The zero-order valence-corrected chi connectivity index (χ0v) is 8.95. The molecule has 0 aliphatic heterocycles. The van der Waals surface area contributed by atoms with Crippen molar-refractivity contribution < 1.29 is 14.3 Å². The first-order valence-corrected chi connectivity index (χ1v) is 5.02. The van der Waals surface area contributed by atoms with Gasteiger partial charge in [0.05, 0.1) is 7.11 Å². The molecule has 3 nitrogen and oxygen atoms in total. The molecule has 0 heterocycles. The molecule has 2 rings (SSSR count). The van der Waals surface area contributed by atoms with Crippen molar-refractivity contribution in [3.63, 3.8) is 0 Å². The Morgan fingerprint density at radius 3 is 2.60 bits per heavy atom. The lowest BCUT2D eigenvalue weighted by Crippen LogP contribution is -2.33. The molecule has 0 bridgehead atoms. The fraction of sp³-hybridized carbons (Fsp3) is 0.417. The maximum atomic E-state index is 10.8. The molecule has 80 valence electrons. The van der Waals surface area contributed by atoms with Gasteiger partial charge in [0.1, 0.15) is 11.9 Å². The zero-order valence-electron chi connectivity index (χ0n) is 8.95. The van der Waals surface area contributed by atoms with Crippen LogP contribution in [0.25, 0.3) is 0 Å². The molecule has 3 heteroatoms. The van der Waals surface area contributed by atoms with Gasteiger partial charge in [-0.3, -0.25) is 4.79 Å². The summed E-state index contributed by atoms with van der Waals surface area (Å²) in [6.45, 7) is 2.00. The highest BCUT2D eigenvalue weighted by molar-refractivity contribution is 5.85. The van der Waals surface area contributed by atoms with Gasteiger partial charge in [0.25, 0.3) is 0 Å². The number of ketones is 1. The molecular weight excluding hydrogens is 192 g/mol. The second-order valence-electron chi connectivity index (χ2n) is 3.84. The number of carbonyl (C=O) groups is 1. The topological polar surface area (TPSA) is 35.5 Å². The molecule has 1 aromatic rings. The van der Waals surface area contributed by atoms with Crippen molar-refractivity contribution in [3.05, 3.63) is 23.8 Å². The van der Waals surface area contributed by atoms with Gasteiger partial charge in [-0.2, -0.15) is 0 Å². The largest absolute Gasteiger partial charge is 0.493 e. The van der Waals surface area contributed by atoms with E-state index in [0.29, 0.717) is 12.8 Å². The molecule has 1 fully saturated rings. The Balaban J connectivity index is 2.10. The standard InChI is InChI=1S/C12H14O3/c1-8-3-4-11(12(5-8)14-2)15-10-6-9(13)7-10/h3-5,10H,6-7H2,1-2H3. The van der Waals surface area contributed by atoms with Crippen LogP contribution in [0.5, 0.6) is 11.5 Å². The SMILES string of the molecule is COc1cc(C)ccc1OC1CC(=O)C1. The number of hydrogen-bond donors (Lipinski definition) is 0. The summed E-state index contributed by atoms with van der Waals surface area (Å²) in [5.41, 5.74) is 1.13. The molecule has 1 aliphatic carbocycles. The van der Waals surface area contributed by atoms with Crippen LogP contribution in [0.3, 0.4) is 0 Å². The third kappa shape index (κ3) is 2.12. The summed E-state index contributed by atoms with van der Waals surface area (Å²) < 4.78 is 10.9. The molecule has 15 heavy (non-hydrogen) atoms. The summed E-state index contributed by atoms with van der Waals surface area (Å²) in [6, 6.07) is 5.78. The van der Waals surface area contributed by atoms with Crippen LogP contribution in [0.1, 0.15) is 18.4 Å². The minimum atomic E-state index is 0.0362. The molecule has 0 N–H and O–H groups in total. The molecule has 0 spiro atoms. The number of Topliss-reactive ketones (excluding diaryl/α,β-unsaturated/α-hetero) is 1. The van der Waals surface area contributed by atoms with Crippen molar-refractivity contribution in [2.75, 3.05) is 7.11 Å². The van der Waals surface area contributed by atoms with Gasteiger partial charge in [-0.25, -0.2) is 0 Å². The van der Waals surface area contributed by atoms with Gasteiger partial charge in [0, 0.05) is 12.8 Å². The number of hydrogen-bond acceptors (Lipinski definition) is 3. The maximum absolute atomic E-state index is 10.8. The molecule has 0 aromatic heterocycles. The van der Waals surface area contributed by atoms with E-state index in [1.807, 2.05) is 25.1 Å². The van der Waals surface area contributed by atoms with Gasteiger partial charge in [0.2, 0.25) is 0 Å². The summed E-state index contributed by atoms with van der Waals surface area (Å²) in [6.07, 6.45) is 1.09. The van der Waals surface area contributed by atoms with Crippen LogP contribution in [0.4, 0.5) is 0 Å². The van der Waals surface area contributed by atoms with Crippen molar-refractivity contribution in [2.45, 2.75) is 25.9 Å². The molecule has 0 radical (unpaired) electrons. The molecule has 1 aromatic carbocycles. The summed E-state index contributed by atoms with van der Waals surface area (Å²) in [7, 11) is 1.62. The van der Waals surface area contributed by atoms with E-state index >= 15 is 0 Å². The van der Waals surface area contributed by atoms with Gasteiger partial charge in [-0.1, -0.05) is 6.07 Å². The van der Waals surface area contributed by atoms with Crippen molar-refractivity contribution in [3.8, 4) is 11.5 Å². The highest BCUT2D eigenvalue weighted by Gasteiger charge is 2.28. The zero-order chi connectivity index (χ0) is 10.8. The number of aryl methyl sites for hydroxylation is 1. The number of carbonyl (C=O) groups excluding carboxylic acids is 1. The summed E-state index contributed by atoms with van der Waals surface area (Å²) in [5.74, 6) is 1.72. The molecule has 0 atom stereocenters. The molecule has 0 amide bonds. The number of ether oxygens (including phenoxy) is 2. The van der Waals surface area contributed by atoms with Crippen LogP contribution in [0.15, 0.2) is 18.2 Å². The summed E-state index contributed by atoms with van der Waals surface area (Å²) >= 11 is 0. The van der Waals surface area contributed by atoms with Crippen molar-refractivity contribution >= 4 is 5.78 Å². The first-order chi connectivity index (χ1) is 7.19. The van der Waals surface area contributed by atoms with E-state index in [1.165, 1.54) is 0 Å². The van der Waals surface area contributed by atoms with E-state index in [2.05, 4.69) is 0 Å². The van der Waals surface area contributed by atoms with Gasteiger partial charge in [-0.05, 0) is 24.6 Å². The Bertz CT molecular complexity index is 376. The predicted octanol–water partition coefficient (Wildman–Crippen LogP) is 2.11. The van der Waals surface area contributed by atoms with E-state index in [4.69, 9.17) is 9.47 Å². The van der Waals surface area contributed by atoms with Crippen LogP contribution in [0.2, 0.25) is 0 Å². The summed E-state index contributed by atoms with van der Waals surface area (Å²) in [4.78, 5) is 10.8. The van der Waals surface area contributed by atoms with Crippen LogP contribution >= 0.6 is 0 Å². The smallest absolute Gasteiger partial charge is 0.161 e. The quantitative estimate of drug-likeness (QED) is 0.759. The van der Waals surface area contributed by atoms with Crippen LogP contribution < -0.4 is 9.47 Å². The minimum Gasteiger partial charge on any atom is -0.493 e. The Hall–Kier alpha value is -1.51. The minimum absolute atomic E-state index is 0.0362. The van der Waals surface area contributed by atoms with Gasteiger partial charge in [0.15, 0.2) is 11.5 Å². The first-order valence-electron chi connectivity index (χ1n) is 5.02. The average molecular weight is 206 g/mol. The van der Waals surface area contributed by atoms with E-state index in [-0.39, 0.29) is 11.9 Å². The van der Waals surface area contributed by atoms with Gasteiger partial charge in [-0.15, -0.1) is 0 Å². The lowest BCUT2D eigenvalue weighted by atomic mass is 9.94. The Labute approximate surface area is 89.0 Å². The van der Waals surface area contributed by atoms with Crippen LogP contribution in [0, 0.1) is 6.92 Å². The molecule has 1 saturated carbocycles. The van der Waals surface area contributed by atoms with Crippen LogP contribution in [-0.2, 0) is 4.79 Å². The number of benzene rings is 1. The lowest BCUT2D eigenvalue weighted by molar-refractivity contribution is -0.129. The van der Waals surface area contributed by atoms with E-state index < -0.39 is 0 Å². The number of methoxy groups -OCH3 is 1. The monoisotopic (exact) mass is 206 g/mol. The van der Waals surface area contributed by atoms with Crippen molar-refractivity contribution in [1.29, 1.82) is 0 Å². The fourth-order valence-corrected chi connectivity index (χ4v) is 1.58. The highest BCUT2D eigenvalue weighted by atomic mass is 16.5. The molecule has 1 aliphatic rings. The van der Waals surface area contributed by atoms with E-state index in [1.54, 1.807) is 7.11 Å². The predicted molar refractivity (Wildman–Crippen MR) is 56.4 cm³/mol. The van der Waals surface area contributed by atoms with E-state index in [0.717, 1.165) is 17.1 Å². The molecule has 0 unspecified atom stereocenters. The van der Waals surface area contributed by atoms with Crippen LogP contribution in [-0.4, -0.2) is 19.0 Å². The summed E-state index contributed by atoms with van der Waals surface area (Å²) in [5, 5.41) is 0. The van der Waals surface area contributed by atoms with Gasteiger partial charge < -0.3 is 9.47 Å².